The van der Waals surface area contributed by atoms with E-state index < -0.39 is 0 Å². The predicted octanol–water partition coefficient (Wildman–Crippen LogP) is 5.36. The molecular weight excluding hydrogens is 324 g/mol. The van der Waals surface area contributed by atoms with Gasteiger partial charge in [0.05, 0.1) is 0 Å². The van der Waals surface area contributed by atoms with E-state index in [0.717, 1.165) is 33.5 Å². The van der Waals surface area contributed by atoms with Crippen molar-refractivity contribution >= 4 is 22.7 Å². The van der Waals surface area contributed by atoms with Crippen molar-refractivity contribution in [1.29, 1.82) is 0 Å². The first-order chi connectivity index (χ1) is 12.6. The molecule has 0 saturated heterocycles. The largest absolute Gasteiger partial charge is 0.436 e. The van der Waals surface area contributed by atoms with E-state index >= 15 is 0 Å². The Morgan fingerprint density at radius 1 is 0.923 bits per heavy atom. The number of rotatable bonds is 3. The number of nitrogens with one attached hydrogen (secondary N) is 1. The summed E-state index contributed by atoms with van der Waals surface area (Å²) < 4.78 is 5.77. The zero-order chi connectivity index (χ0) is 18.1. The molecule has 0 radical (unpaired) electrons. The fourth-order valence-corrected chi connectivity index (χ4v) is 3.00. The first-order valence-electron chi connectivity index (χ1n) is 8.44. The average molecular weight is 342 g/mol. The number of benzene rings is 3. The van der Waals surface area contributed by atoms with Crippen molar-refractivity contribution in [3.8, 4) is 11.5 Å². The Labute approximate surface area is 151 Å². The molecule has 0 aliphatic rings. The van der Waals surface area contributed by atoms with Crippen molar-refractivity contribution in [2.75, 3.05) is 5.32 Å². The maximum atomic E-state index is 12.4. The van der Waals surface area contributed by atoms with Crippen LogP contribution < -0.4 is 5.32 Å². The van der Waals surface area contributed by atoms with Gasteiger partial charge in [0, 0.05) is 16.8 Å². The molecule has 1 N–H and O–H groups in total. The minimum Gasteiger partial charge on any atom is -0.436 e. The number of aryl methyl sites for hydroxylation is 2. The van der Waals surface area contributed by atoms with Gasteiger partial charge >= 0.3 is 0 Å². The Balaban J connectivity index is 1.55. The quantitative estimate of drug-likeness (QED) is 0.545. The van der Waals surface area contributed by atoms with E-state index in [2.05, 4.69) is 10.3 Å². The van der Waals surface area contributed by atoms with E-state index in [9.17, 15) is 4.79 Å². The molecule has 4 nitrogen and oxygen atoms in total. The maximum absolute atomic E-state index is 12.4. The predicted molar refractivity (Wildman–Crippen MR) is 103 cm³/mol. The highest BCUT2D eigenvalue weighted by atomic mass is 16.3. The van der Waals surface area contributed by atoms with E-state index in [1.165, 1.54) is 0 Å². The summed E-state index contributed by atoms with van der Waals surface area (Å²) >= 11 is 0. The summed E-state index contributed by atoms with van der Waals surface area (Å²) in [6.07, 6.45) is 0. The number of amides is 1. The highest BCUT2D eigenvalue weighted by Gasteiger charge is 2.10. The summed E-state index contributed by atoms with van der Waals surface area (Å²) in [7, 11) is 0. The number of carbonyl (C=O) groups excluding carboxylic acids is 1. The highest BCUT2D eigenvalue weighted by molar-refractivity contribution is 6.04. The minimum absolute atomic E-state index is 0.119. The molecule has 0 spiro atoms. The Kier molecular flexibility index (Phi) is 4.01. The summed E-state index contributed by atoms with van der Waals surface area (Å²) in [4.78, 5) is 16.9. The van der Waals surface area contributed by atoms with Gasteiger partial charge in [0.15, 0.2) is 5.58 Å². The molecule has 0 atom stereocenters. The van der Waals surface area contributed by atoms with Crippen LogP contribution in [-0.4, -0.2) is 10.9 Å². The molecule has 4 heteroatoms. The third-order valence-electron chi connectivity index (χ3n) is 4.17. The summed E-state index contributed by atoms with van der Waals surface area (Å²) in [5.74, 6) is 0.449. The number of para-hydroxylation sites is 2. The molecule has 128 valence electrons. The van der Waals surface area contributed by atoms with Crippen LogP contribution in [0.25, 0.3) is 22.6 Å². The molecule has 4 aromatic rings. The first-order valence-corrected chi connectivity index (χ1v) is 8.44. The summed E-state index contributed by atoms with van der Waals surface area (Å²) in [6.45, 7) is 3.97. The van der Waals surface area contributed by atoms with E-state index in [-0.39, 0.29) is 5.91 Å². The van der Waals surface area contributed by atoms with Crippen molar-refractivity contribution in [3.05, 3.63) is 83.4 Å². The lowest BCUT2D eigenvalue weighted by Crippen LogP contribution is -2.12. The van der Waals surface area contributed by atoms with Gasteiger partial charge in [0.25, 0.3) is 5.91 Å². The van der Waals surface area contributed by atoms with Gasteiger partial charge in [-0.25, -0.2) is 4.98 Å². The molecule has 3 aromatic carbocycles. The normalized spacial score (nSPS) is 10.8. The van der Waals surface area contributed by atoms with Gasteiger partial charge in [-0.15, -0.1) is 0 Å². The zero-order valence-corrected chi connectivity index (χ0v) is 14.6. The lowest BCUT2D eigenvalue weighted by molar-refractivity contribution is 0.102. The number of carbonyl (C=O) groups is 1. The van der Waals surface area contributed by atoms with Gasteiger partial charge < -0.3 is 9.73 Å². The Morgan fingerprint density at radius 3 is 2.31 bits per heavy atom. The Hall–Kier alpha value is -3.40. The van der Waals surface area contributed by atoms with Crippen LogP contribution in [0.4, 0.5) is 5.69 Å². The minimum atomic E-state index is -0.119. The Morgan fingerprint density at radius 2 is 1.62 bits per heavy atom. The Bertz CT molecular complexity index is 1040. The van der Waals surface area contributed by atoms with Crippen LogP contribution in [0.5, 0.6) is 0 Å². The van der Waals surface area contributed by atoms with Crippen LogP contribution in [0.1, 0.15) is 21.5 Å². The number of hydrogen-bond donors (Lipinski definition) is 1. The summed E-state index contributed by atoms with van der Waals surface area (Å²) in [6, 6.07) is 21.0. The third-order valence-corrected chi connectivity index (χ3v) is 4.17. The number of oxazole rings is 1. The first kappa shape index (κ1) is 16.1. The molecule has 4 rings (SSSR count). The number of fused-ring (bicyclic) bond motifs is 1. The van der Waals surface area contributed by atoms with E-state index in [1.54, 1.807) is 0 Å². The monoisotopic (exact) mass is 342 g/mol. The second-order valence-electron chi connectivity index (χ2n) is 6.39. The topological polar surface area (TPSA) is 55.1 Å². The molecule has 1 aromatic heterocycles. The van der Waals surface area contributed by atoms with Crippen molar-refractivity contribution in [2.45, 2.75) is 13.8 Å². The second-order valence-corrected chi connectivity index (χ2v) is 6.39. The average Bonchev–Trinajstić information content (AvgIpc) is 3.05. The smallest absolute Gasteiger partial charge is 0.255 e. The molecule has 26 heavy (non-hydrogen) atoms. The van der Waals surface area contributed by atoms with Gasteiger partial charge in [-0.3, -0.25) is 4.79 Å². The molecule has 0 aliphatic heterocycles. The highest BCUT2D eigenvalue weighted by Crippen LogP contribution is 2.25. The van der Waals surface area contributed by atoms with Gasteiger partial charge in [-0.05, 0) is 62.4 Å². The molecule has 0 aliphatic carbocycles. The van der Waals surface area contributed by atoms with E-state index in [4.69, 9.17) is 4.42 Å². The van der Waals surface area contributed by atoms with Gasteiger partial charge in [0.2, 0.25) is 5.89 Å². The zero-order valence-electron chi connectivity index (χ0n) is 14.6. The molecular formula is C22H18N2O2. The van der Waals surface area contributed by atoms with Crippen LogP contribution in [0.3, 0.4) is 0 Å². The van der Waals surface area contributed by atoms with E-state index in [0.29, 0.717) is 11.5 Å². The van der Waals surface area contributed by atoms with Gasteiger partial charge in [-0.1, -0.05) is 29.3 Å². The standard InChI is InChI=1S/C22H18N2O2/c1-14-11-15(2)13-17(12-14)21(25)23-18-9-7-16(8-10-18)22-24-19-5-3-4-6-20(19)26-22/h3-13H,1-2H3,(H,23,25). The number of hydrogen-bond acceptors (Lipinski definition) is 3. The van der Waals surface area contributed by atoms with Crippen LogP contribution in [-0.2, 0) is 0 Å². The van der Waals surface area contributed by atoms with Crippen LogP contribution in [0, 0.1) is 13.8 Å². The second kappa shape index (κ2) is 6.48. The molecule has 0 unspecified atom stereocenters. The van der Waals surface area contributed by atoms with Gasteiger partial charge in [0.1, 0.15) is 5.52 Å². The maximum Gasteiger partial charge on any atom is 0.255 e. The summed E-state index contributed by atoms with van der Waals surface area (Å²) in [5, 5.41) is 2.93. The van der Waals surface area contributed by atoms with Crippen molar-refractivity contribution in [1.82, 2.24) is 4.98 Å². The lowest BCUT2D eigenvalue weighted by Gasteiger charge is -2.07. The van der Waals surface area contributed by atoms with E-state index in [1.807, 2.05) is 80.6 Å². The number of anilines is 1. The molecule has 1 heterocycles. The molecule has 0 saturated carbocycles. The fourth-order valence-electron chi connectivity index (χ4n) is 3.00. The number of nitrogens with zero attached hydrogens (tertiary/aromatic N) is 1. The fraction of sp³-hybridized carbons (Fsp3) is 0.0909. The van der Waals surface area contributed by atoms with Crippen LogP contribution >= 0.6 is 0 Å². The van der Waals surface area contributed by atoms with Gasteiger partial charge in [-0.2, -0.15) is 0 Å². The van der Waals surface area contributed by atoms with Crippen molar-refractivity contribution in [3.63, 3.8) is 0 Å². The molecule has 0 bridgehead atoms. The SMILES string of the molecule is Cc1cc(C)cc(C(=O)Nc2ccc(-c3nc4ccccc4o3)cc2)c1. The number of aromatic nitrogens is 1. The summed E-state index contributed by atoms with van der Waals surface area (Å²) in [5.41, 5.74) is 5.98. The van der Waals surface area contributed by atoms with Crippen molar-refractivity contribution < 1.29 is 9.21 Å². The molecule has 1 amide bonds. The van der Waals surface area contributed by atoms with Crippen LogP contribution in [0.2, 0.25) is 0 Å². The molecule has 0 fully saturated rings. The van der Waals surface area contributed by atoms with Crippen LogP contribution in [0.15, 0.2) is 71.1 Å². The van der Waals surface area contributed by atoms with Crippen molar-refractivity contribution in [2.24, 2.45) is 0 Å². The third kappa shape index (κ3) is 3.22. The lowest BCUT2D eigenvalue weighted by atomic mass is 10.1.